The zero-order chi connectivity index (χ0) is 26.6. The summed E-state index contributed by atoms with van der Waals surface area (Å²) in [5.74, 6) is -0.228. The summed E-state index contributed by atoms with van der Waals surface area (Å²) in [6.45, 7) is -0.0148. The van der Waals surface area contributed by atoms with Gasteiger partial charge in [-0.25, -0.2) is 0 Å². The van der Waals surface area contributed by atoms with Crippen molar-refractivity contribution in [2.75, 3.05) is 27.1 Å². The van der Waals surface area contributed by atoms with Gasteiger partial charge in [-0.05, 0) is 44.1 Å². The smallest absolute Gasteiger partial charge is 0.306 e. The lowest BCUT2D eigenvalue weighted by Crippen LogP contribution is -2.27. The molecule has 0 amide bonds. The minimum atomic E-state index is -0.634. The van der Waals surface area contributed by atoms with Gasteiger partial charge in [0.15, 0.2) is 5.78 Å². The van der Waals surface area contributed by atoms with E-state index in [2.05, 4.69) is 24.3 Å². The molecule has 0 unspecified atom stereocenters. The summed E-state index contributed by atoms with van der Waals surface area (Å²) in [5, 5.41) is 9.23. The molecule has 6 nitrogen and oxygen atoms in total. The van der Waals surface area contributed by atoms with Gasteiger partial charge < -0.3 is 19.3 Å². The van der Waals surface area contributed by atoms with Crippen LogP contribution in [-0.4, -0.2) is 50.1 Å². The number of hydrogen-bond acceptors (Lipinski definition) is 6. The van der Waals surface area contributed by atoms with Gasteiger partial charge in [-0.15, -0.1) is 0 Å². The molecule has 0 aromatic heterocycles. The number of ether oxygens (including phenoxy) is 3. The number of esters is 1. The van der Waals surface area contributed by atoms with Crippen LogP contribution in [0.4, 0.5) is 0 Å². The number of carbonyl (C=O) groups excluding carboxylic acids is 2. The number of unbranched alkanes of at least 4 members (excludes halogenated alkanes) is 6. The molecular weight excluding hydrogens is 468 g/mol. The Morgan fingerprint density at radius 2 is 1.49 bits per heavy atom. The SMILES string of the molecule is COCOC[C@H](CO)OC(=O)CCCCCCC/C=C\CCCc1ccc(C(=O)c2ccccc2)cc1. The van der Waals surface area contributed by atoms with E-state index >= 15 is 0 Å². The number of aryl methyl sites for hydroxylation is 1. The molecule has 0 aliphatic heterocycles. The molecule has 0 radical (unpaired) electrons. The molecule has 0 spiro atoms. The van der Waals surface area contributed by atoms with Crippen LogP contribution in [-0.2, 0) is 25.4 Å². The normalized spacial score (nSPS) is 12.1. The summed E-state index contributed by atoms with van der Waals surface area (Å²) >= 11 is 0. The molecule has 6 heteroatoms. The summed E-state index contributed by atoms with van der Waals surface area (Å²) in [5.41, 5.74) is 2.71. The lowest BCUT2D eigenvalue weighted by Gasteiger charge is -2.15. The molecule has 2 aromatic rings. The van der Waals surface area contributed by atoms with Crippen LogP contribution >= 0.6 is 0 Å². The summed E-state index contributed by atoms with van der Waals surface area (Å²) in [6.07, 6.45) is 13.7. The fourth-order valence-electron chi connectivity index (χ4n) is 3.93. The second-order valence-electron chi connectivity index (χ2n) is 9.13. The first-order valence-electron chi connectivity index (χ1n) is 13.3. The number of aliphatic hydroxyl groups is 1. The van der Waals surface area contributed by atoms with Crippen LogP contribution in [0.15, 0.2) is 66.7 Å². The number of benzene rings is 2. The van der Waals surface area contributed by atoms with Gasteiger partial charge in [-0.2, -0.15) is 0 Å². The molecule has 202 valence electrons. The lowest BCUT2D eigenvalue weighted by molar-refractivity contribution is -0.158. The summed E-state index contributed by atoms with van der Waals surface area (Å²) in [4.78, 5) is 24.3. The van der Waals surface area contributed by atoms with E-state index in [4.69, 9.17) is 14.2 Å². The predicted octanol–water partition coefficient (Wildman–Crippen LogP) is 6.05. The van der Waals surface area contributed by atoms with Gasteiger partial charge in [-0.3, -0.25) is 9.59 Å². The summed E-state index contributed by atoms with van der Waals surface area (Å²) < 4.78 is 15.1. The number of carbonyl (C=O) groups is 2. The third kappa shape index (κ3) is 13.4. The second kappa shape index (κ2) is 19.3. The zero-order valence-electron chi connectivity index (χ0n) is 22.1. The Hall–Kier alpha value is -2.80. The van der Waals surface area contributed by atoms with Crippen molar-refractivity contribution in [3.05, 3.63) is 83.4 Å². The highest BCUT2D eigenvalue weighted by Crippen LogP contribution is 2.13. The third-order valence-corrected chi connectivity index (χ3v) is 6.01. The number of rotatable bonds is 20. The number of aliphatic hydroxyl groups excluding tert-OH is 1. The van der Waals surface area contributed by atoms with Crippen molar-refractivity contribution in [2.45, 2.75) is 70.3 Å². The van der Waals surface area contributed by atoms with E-state index < -0.39 is 6.10 Å². The van der Waals surface area contributed by atoms with Gasteiger partial charge in [0.1, 0.15) is 12.9 Å². The van der Waals surface area contributed by atoms with Crippen LogP contribution < -0.4 is 0 Å². The topological polar surface area (TPSA) is 82.1 Å². The quantitative estimate of drug-likeness (QED) is 0.0767. The summed E-state index contributed by atoms with van der Waals surface area (Å²) in [6, 6.07) is 17.3. The van der Waals surface area contributed by atoms with Crippen LogP contribution in [0.2, 0.25) is 0 Å². The first-order valence-corrected chi connectivity index (χ1v) is 13.3. The van der Waals surface area contributed by atoms with Crippen molar-refractivity contribution in [3.8, 4) is 0 Å². The van der Waals surface area contributed by atoms with Crippen molar-refractivity contribution >= 4 is 11.8 Å². The molecule has 0 aliphatic rings. The second-order valence-corrected chi connectivity index (χ2v) is 9.13. The highest BCUT2D eigenvalue weighted by atomic mass is 16.7. The van der Waals surface area contributed by atoms with E-state index in [9.17, 15) is 14.7 Å². The van der Waals surface area contributed by atoms with Crippen LogP contribution in [0.3, 0.4) is 0 Å². The van der Waals surface area contributed by atoms with E-state index in [0.29, 0.717) is 6.42 Å². The van der Waals surface area contributed by atoms with Crippen molar-refractivity contribution < 1.29 is 28.9 Å². The van der Waals surface area contributed by atoms with E-state index in [1.165, 1.54) is 12.7 Å². The van der Waals surface area contributed by atoms with Gasteiger partial charge in [0, 0.05) is 24.7 Å². The Bertz CT molecular complexity index is 907. The van der Waals surface area contributed by atoms with Crippen molar-refractivity contribution in [1.29, 1.82) is 0 Å². The average Bonchev–Trinajstić information content (AvgIpc) is 2.93. The highest BCUT2D eigenvalue weighted by molar-refractivity contribution is 6.08. The van der Waals surface area contributed by atoms with Crippen molar-refractivity contribution in [1.82, 2.24) is 0 Å². The predicted molar refractivity (Wildman–Crippen MR) is 146 cm³/mol. The zero-order valence-corrected chi connectivity index (χ0v) is 22.1. The van der Waals surface area contributed by atoms with Gasteiger partial charge in [0.25, 0.3) is 0 Å². The van der Waals surface area contributed by atoms with E-state index in [0.717, 1.165) is 68.9 Å². The molecular formula is C31H42O6. The van der Waals surface area contributed by atoms with E-state index in [1.54, 1.807) is 0 Å². The molecule has 2 aromatic carbocycles. The maximum absolute atomic E-state index is 12.5. The maximum Gasteiger partial charge on any atom is 0.306 e. The number of hydrogen-bond donors (Lipinski definition) is 1. The standard InChI is InChI=1S/C31H42O6/c1-35-25-36-24-29(23-32)37-30(33)18-14-9-7-5-3-2-4-6-8-11-15-26-19-21-28(22-20-26)31(34)27-16-12-10-13-17-27/h4,6,10,12-13,16-17,19-22,29,32H,2-3,5,7-9,11,14-15,18,23-25H2,1H3/b6-4-/t29-/m0/s1. The van der Waals surface area contributed by atoms with Crippen molar-refractivity contribution in [2.24, 2.45) is 0 Å². The molecule has 1 atom stereocenters. The van der Waals surface area contributed by atoms with Gasteiger partial charge >= 0.3 is 5.97 Å². The minimum absolute atomic E-state index is 0.0636. The first-order chi connectivity index (χ1) is 18.1. The molecule has 2 rings (SSSR count). The van der Waals surface area contributed by atoms with Crippen LogP contribution in [0.5, 0.6) is 0 Å². The van der Waals surface area contributed by atoms with Crippen LogP contribution in [0, 0.1) is 0 Å². The molecule has 1 N–H and O–H groups in total. The summed E-state index contributed by atoms with van der Waals surface area (Å²) in [7, 11) is 1.51. The fraction of sp³-hybridized carbons (Fsp3) is 0.484. The molecule has 37 heavy (non-hydrogen) atoms. The Labute approximate surface area is 221 Å². The number of methoxy groups -OCH3 is 1. The minimum Gasteiger partial charge on any atom is -0.457 e. The molecule has 0 bridgehead atoms. The number of allylic oxidation sites excluding steroid dienone is 2. The molecule has 0 heterocycles. The van der Waals surface area contributed by atoms with Gasteiger partial charge in [0.05, 0.1) is 13.2 Å². The van der Waals surface area contributed by atoms with Crippen LogP contribution in [0.1, 0.15) is 79.3 Å². The van der Waals surface area contributed by atoms with Gasteiger partial charge in [-0.1, -0.05) is 86.0 Å². The molecule has 0 saturated carbocycles. The fourth-order valence-corrected chi connectivity index (χ4v) is 3.93. The molecule has 0 aliphatic carbocycles. The Kier molecular flexibility index (Phi) is 15.9. The first kappa shape index (κ1) is 30.4. The van der Waals surface area contributed by atoms with Gasteiger partial charge in [0.2, 0.25) is 0 Å². The number of ketones is 1. The molecule has 0 saturated heterocycles. The molecule has 0 fully saturated rings. The van der Waals surface area contributed by atoms with E-state index in [-0.39, 0.29) is 31.8 Å². The Balaban J connectivity index is 1.46. The highest BCUT2D eigenvalue weighted by Gasteiger charge is 2.13. The van der Waals surface area contributed by atoms with Crippen molar-refractivity contribution in [3.63, 3.8) is 0 Å². The third-order valence-electron chi connectivity index (χ3n) is 6.01. The average molecular weight is 511 g/mol. The monoisotopic (exact) mass is 510 g/mol. The lowest BCUT2D eigenvalue weighted by atomic mass is 10.0. The largest absolute Gasteiger partial charge is 0.457 e. The maximum atomic E-state index is 12.5. The Morgan fingerprint density at radius 3 is 2.19 bits per heavy atom. The Morgan fingerprint density at radius 1 is 0.838 bits per heavy atom. The van der Waals surface area contributed by atoms with E-state index in [1.807, 2.05) is 42.5 Å². The van der Waals surface area contributed by atoms with Crippen LogP contribution in [0.25, 0.3) is 0 Å².